The van der Waals surface area contributed by atoms with Crippen LogP contribution in [0.1, 0.15) is 232 Å². The summed E-state index contributed by atoms with van der Waals surface area (Å²) in [6.45, 7) is 4.60. The molecule has 0 aromatic rings. The van der Waals surface area contributed by atoms with Gasteiger partial charge in [0.05, 0.1) is 0 Å². The Hall–Kier alpha value is 0.320. The molecule has 0 aliphatic carbocycles. The van der Waals surface area contributed by atoms with Gasteiger partial charge in [-0.15, -0.1) is 0 Å². The Morgan fingerprint density at radius 2 is 0.400 bits per heavy atom. The van der Waals surface area contributed by atoms with Crippen LogP contribution in [0.15, 0.2) is 10.1 Å². The minimum absolute atomic E-state index is 0.938. The second-order valence-electron chi connectivity index (χ2n) is 12.9. The van der Waals surface area contributed by atoms with E-state index >= 15 is 0 Å². The summed E-state index contributed by atoms with van der Waals surface area (Å²) >= 11 is 13.0. The Labute approximate surface area is 264 Å². The molecule has 0 N–H and O–H groups in total. The van der Waals surface area contributed by atoms with Gasteiger partial charge in [-0.1, -0.05) is 230 Å². The summed E-state index contributed by atoms with van der Waals surface area (Å²) in [5.74, 6) is 0. The number of unbranched alkanes of at least 4 members (excludes halogenated alkanes) is 30. The number of hydrogen-bond acceptors (Lipinski definition) is 0. The predicted octanol–water partition coefficient (Wildman–Crippen LogP) is 16.0. The molecule has 2 heteroatoms. The van der Waals surface area contributed by atoms with Crippen molar-refractivity contribution in [3.63, 3.8) is 0 Å². The van der Waals surface area contributed by atoms with E-state index in [1.165, 1.54) is 205 Å². The van der Waals surface area contributed by atoms with Crippen molar-refractivity contribution in [1.82, 2.24) is 0 Å². The first-order valence-electron chi connectivity index (χ1n) is 18.7. The second-order valence-corrected chi connectivity index (χ2v) is 13.8. The van der Waals surface area contributed by atoms with Crippen LogP contribution in [-0.4, -0.2) is 0 Å². The summed E-state index contributed by atoms with van der Waals surface area (Å²) < 4.78 is 0. The quantitative estimate of drug-likeness (QED) is 0.0644. The van der Waals surface area contributed by atoms with Crippen molar-refractivity contribution in [3.8, 4) is 0 Å². The van der Waals surface area contributed by atoms with Gasteiger partial charge in [-0.2, -0.15) is 0 Å². The molecule has 0 radical (unpaired) electrons. The highest BCUT2D eigenvalue weighted by Gasteiger charge is 2.03. The Bertz CT molecular complexity index is 454. The standard InChI is InChI=1S/C38H74Cl2/c1-3-5-7-9-11-13-15-17-19-21-23-25-27-29-31-33-35-37(39)38(40)36-34-32-30-28-26-24-22-20-18-16-14-12-10-8-6-4-2/h3-36H2,1-2H3. The minimum Gasteiger partial charge on any atom is -0.0879 e. The third-order valence-corrected chi connectivity index (χ3v) is 9.72. The van der Waals surface area contributed by atoms with E-state index < -0.39 is 0 Å². The van der Waals surface area contributed by atoms with Crippen molar-refractivity contribution in [2.24, 2.45) is 0 Å². The zero-order valence-electron chi connectivity index (χ0n) is 27.8. The van der Waals surface area contributed by atoms with E-state index in [1.54, 1.807) is 0 Å². The van der Waals surface area contributed by atoms with Crippen LogP contribution in [0.4, 0.5) is 0 Å². The average molecular weight is 602 g/mol. The molecule has 0 rings (SSSR count). The first-order valence-corrected chi connectivity index (χ1v) is 19.5. The summed E-state index contributed by atoms with van der Waals surface area (Å²) in [4.78, 5) is 0. The monoisotopic (exact) mass is 601 g/mol. The smallest absolute Gasteiger partial charge is 0.0325 e. The third kappa shape index (κ3) is 32.8. The van der Waals surface area contributed by atoms with Crippen molar-refractivity contribution in [3.05, 3.63) is 10.1 Å². The number of halogens is 2. The molecule has 0 spiro atoms. The molecule has 0 aliphatic heterocycles. The Morgan fingerprint density at radius 1 is 0.250 bits per heavy atom. The van der Waals surface area contributed by atoms with E-state index in [0.29, 0.717) is 0 Å². The largest absolute Gasteiger partial charge is 0.0879 e. The van der Waals surface area contributed by atoms with Crippen molar-refractivity contribution < 1.29 is 0 Å². The van der Waals surface area contributed by atoms with Crippen LogP contribution in [0, 0.1) is 0 Å². The van der Waals surface area contributed by atoms with E-state index in [1.807, 2.05) is 0 Å². The van der Waals surface area contributed by atoms with Gasteiger partial charge in [0.15, 0.2) is 0 Å². The van der Waals surface area contributed by atoms with Gasteiger partial charge in [0.25, 0.3) is 0 Å². The molecule has 0 heterocycles. The van der Waals surface area contributed by atoms with Gasteiger partial charge in [-0.25, -0.2) is 0 Å². The zero-order valence-corrected chi connectivity index (χ0v) is 29.3. The molecule has 0 aliphatic rings. The van der Waals surface area contributed by atoms with Crippen LogP contribution in [0.2, 0.25) is 0 Å². The fraction of sp³-hybridized carbons (Fsp3) is 0.947. The van der Waals surface area contributed by atoms with Crippen LogP contribution in [-0.2, 0) is 0 Å². The zero-order chi connectivity index (χ0) is 29.2. The van der Waals surface area contributed by atoms with E-state index in [4.69, 9.17) is 23.2 Å². The summed E-state index contributed by atoms with van der Waals surface area (Å²) in [6, 6.07) is 0. The molecule has 0 aromatic carbocycles. The molecule has 240 valence electrons. The molecular formula is C38H74Cl2. The van der Waals surface area contributed by atoms with Gasteiger partial charge in [0.1, 0.15) is 0 Å². The summed E-state index contributed by atoms with van der Waals surface area (Å²) in [5, 5.41) is 1.88. The summed E-state index contributed by atoms with van der Waals surface area (Å²) in [5.41, 5.74) is 0. The SMILES string of the molecule is CCCCCCCCCCCCCCCCCCC(Cl)=C(Cl)CCCCCCCCCCCCCCCCCC. The van der Waals surface area contributed by atoms with Crippen molar-refractivity contribution >= 4 is 23.2 Å². The number of hydrogen-bond donors (Lipinski definition) is 0. The highest BCUT2D eigenvalue weighted by molar-refractivity contribution is 6.39. The van der Waals surface area contributed by atoms with Crippen LogP contribution < -0.4 is 0 Å². The maximum Gasteiger partial charge on any atom is 0.0325 e. The molecule has 0 saturated heterocycles. The van der Waals surface area contributed by atoms with Crippen molar-refractivity contribution in [1.29, 1.82) is 0 Å². The lowest BCUT2D eigenvalue weighted by Gasteiger charge is -2.06. The van der Waals surface area contributed by atoms with Gasteiger partial charge in [0, 0.05) is 10.1 Å². The highest BCUT2D eigenvalue weighted by Crippen LogP contribution is 2.26. The first kappa shape index (κ1) is 40.3. The van der Waals surface area contributed by atoms with Crippen molar-refractivity contribution in [2.45, 2.75) is 232 Å². The average Bonchev–Trinajstić information content (AvgIpc) is 2.96. The molecule has 0 amide bonds. The fourth-order valence-electron chi connectivity index (χ4n) is 5.93. The molecule has 40 heavy (non-hydrogen) atoms. The van der Waals surface area contributed by atoms with Crippen LogP contribution >= 0.6 is 23.2 Å². The summed E-state index contributed by atoms with van der Waals surface area (Å²) in [6.07, 6.45) is 47.1. The third-order valence-electron chi connectivity index (χ3n) is 8.79. The van der Waals surface area contributed by atoms with E-state index in [9.17, 15) is 0 Å². The van der Waals surface area contributed by atoms with Gasteiger partial charge in [-0.3, -0.25) is 0 Å². The highest BCUT2D eigenvalue weighted by atomic mass is 35.5. The molecule has 0 bridgehead atoms. The minimum atomic E-state index is 0.938. The van der Waals surface area contributed by atoms with E-state index in [0.717, 1.165) is 22.9 Å². The molecule has 0 nitrogen and oxygen atoms in total. The normalized spacial score (nSPS) is 12.3. The topological polar surface area (TPSA) is 0 Å². The van der Waals surface area contributed by atoms with E-state index in [2.05, 4.69) is 13.8 Å². The molecule has 0 fully saturated rings. The molecule has 0 atom stereocenters. The van der Waals surface area contributed by atoms with Gasteiger partial charge in [-0.05, 0) is 25.7 Å². The van der Waals surface area contributed by atoms with Crippen LogP contribution in [0.5, 0.6) is 0 Å². The number of rotatable bonds is 34. The van der Waals surface area contributed by atoms with Gasteiger partial charge >= 0.3 is 0 Å². The predicted molar refractivity (Wildman–Crippen MR) is 187 cm³/mol. The lowest BCUT2D eigenvalue weighted by atomic mass is 10.0. The van der Waals surface area contributed by atoms with Crippen LogP contribution in [0.3, 0.4) is 0 Å². The maximum atomic E-state index is 6.51. The molecule has 0 aromatic heterocycles. The van der Waals surface area contributed by atoms with Gasteiger partial charge in [0.2, 0.25) is 0 Å². The van der Waals surface area contributed by atoms with Crippen LogP contribution in [0.25, 0.3) is 0 Å². The lowest BCUT2D eigenvalue weighted by molar-refractivity contribution is 0.529. The maximum absolute atomic E-state index is 6.51. The van der Waals surface area contributed by atoms with E-state index in [-0.39, 0.29) is 0 Å². The fourth-order valence-corrected chi connectivity index (χ4v) is 6.38. The van der Waals surface area contributed by atoms with Crippen molar-refractivity contribution in [2.75, 3.05) is 0 Å². The van der Waals surface area contributed by atoms with Gasteiger partial charge < -0.3 is 0 Å². The first-order chi connectivity index (χ1) is 19.7. The Morgan fingerprint density at radius 3 is 0.575 bits per heavy atom. The second kappa shape index (κ2) is 35.5. The molecule has 0 saturated carbocycles. The molecule has 0 unspecified atom stereocenters. The Kier molecular flexibility index (Phi) is 35.8. The lowest BCUT2D eigenvalue weighted by Crippen LogP contribution is -1.86. The molecular weight excluding hydrogens is 527 g/mol. The number of allylic oxidation sites excluding steroid dienone is 2. The Balaban J connectivity index is 3.33. The summed E-state index contributed by atoms with van der Waals surface area (Å²) in [7, 11) is 0.